The molecule has 1 N–H and O–H groups in total. The maximum Gasteiger partial charge on any atom is 0.187 e. The highest BCUT2D eigenvalue weighted by atomic mass is 32.1. The van der Waals surface area contributed by atoms with Gasteiger partial charge in [-0.25, -0.2) is 4.98 Å². The zero-order chi connectivity index (χ0) is 18.1. The van der Waals surface area contributed by atoms with Crippen LogP contribution in [-0.4, -0.2) is 42.2 Å². The third-order valence-electron chi connectivity index (χ3n) is 4.61. The van der Waals surface area contributed by atoms with E-state index in [1.54, 1.807) is 18.4 Å². The maximum atomic E-state index is 12.6. The number of carbonyl (C=O) groups excluding carboxylic acids is 1. The summed E-state index contributed by atoms with van der Waals surface area (Å²) in [5, 5.41) is 10.6. The summed E-state index contributed by atoms with van der Waals surface area (Å²) in [5.74, 6) is 0.910. The summed E-state index contributed by atoms with van der Waals surface area (Å²) >= 11 is 3.10. The molecule has 1 aliphatic heterocycles. The van der Waals surface area contributed by atoms with E-state index in [4.69, 9.17) is 9.72 Å². The van der Waals surface area contributed by atoms with E-state index in [2.05, 4.69) is 4.90 Å². The van der Waals surface area contributed by atoms with Gasteiger partial charge in [-0.1, -0.05) is 23.5 Å². The molecular formula is C19H20N2O3S2. The molecule has 0 atom stereocenters. The molecule has 0 bridgehead atoms. The van der Waals surface area contributed by atoms with E-state index in [1.165, 1.54) is 11.3 Å². The third kappa shape index (κ3) is 3.60. The normalized spacial score (nSPS) is 15.5. The molecule has 0 saturated carbocycles. The van der Waals surface area contributed by atoms with Crippen LogP contribution in [0.25, 0.3) is 9.53 Å². The Balaban J connectivity index is 1.46. The molecule has 1 aliphatic rings. The highest BCUT2D eigenvalue weighted by Crippen LogP contribution is 2.36. The zero-order valence-corrected chi connectivity index (χ0v) is 16.1. The van der Waals surface area contributed by atoms with Gasteiger partial charge in [-0.15, -0.1) is 11.3 Å². The van der Waals surface area contributed by atoms with Gasteiger partial charge in [0.05, 0.1) is 22.8 Å². The van der Waals surface area contributed by atoms with Crippen molar-refractivity contribution in [1.29, 1.82) is 0 Å². The van der Waals surface area contributed by atoms with Crippen molar-refractivity contribution >= 4 is 43.1 Å². The molecule has 4 rings (SSSR count). The second-order valence-electron chi connectivity index (χ2n) is 6.44. The Morgan fingerprint density at radius 3 is 2.65 bits per heavy atom. The molecule has 0 unspecified atom stereocenters. The molecule has 7 heteroatoms. The van der Waals surface area contributed by atoms with E-state index >= 15 is 0 Å². The Kier molecular flexibility index (Phi) is 4.93. The number of ketones is 1. The monoisotopic (exact) mass is 388 g/mol. The molecule has 0 aliphatic carbocycles. The van der Waals surface area contributed by atoms with Crippen LogP contribution in [0.5, 0.6) is 5.75 Å². The predicted molar refractivity (Wildman–Crippen MR) is 106 cm³/mol. The van der Waals surface area contributed by atoms with Crippen molar-refractivity contribution in [1.82, 2.24) is 4.98 Å². The number of aromatic nitrogens is 1. The quantitative estimate of drug-likeness (QED) is 0.675. The van der Waals surface area contributed by atoms with Crippen LogP contribution in [0.2, 0.25) is 0 Å². The van der Waals surface area contributed by atoms with Gasteiger partial charge in [-0.05, 0) is 36.6 Å². The molecule has 1 fully saturated rings. The smallest absolute Gasteiger partial charge is 0.187 e. The fraction of sp³-hybridized carbons (Fsp3) is 0.368. The number of thiazole rings is 1. The fourth-order valence-electron chi connectivity index (χ4n) is 3.07. The van der Waals surface area contributed by atoms with Crippen LogP contribution in [0.4, 0.5) is 5.13 Å². The lowest BCUT2D eigenvalue weighted by Gasteiger charge is -2.28. The molecule has 0 spiro atoms. The Bertz CT molecular complexity index is 877. The lowest BCUT2D eigenvalue weighted by molar-refractivity contribution is 0.0997. The van der Waals surface area contributed by atoms with Crippen LogP contribution in [0.1, 0.15) is 28.1 Å². The molecule has 1 saturated heterocycles. The van der Waals surface area contributed by atoms with Gasteiger partial charge in [0.1, 0.15) is 10.6 Å². The minimum absolute atomic E-state index is 0.119. The van der Waals surface area contributed by atoms with Gasteiger partial charge in [-0.3, -0.25) is 4.79 Å². The number of ether oxygens (including phenoxy) is 1. The number of rotatable bonds is 5. The van der Waals surface area contributed by atoms with Crippen molar-refractivity contribution in [3.05, 3.63) is 40.8 Å². The number of fused-ring (bicyclic) bond motifs is 1. The number of carbonyl (C=O) groups is 1. The zero-order valence-electron chi connectivity index (χ0n) is 14.5. The van der Waals surface area contributed by atoms with E-state index in [-0.39, 0.29) is 11.9 Å². The van der Waals surface area contributed by atoms with Gasteiger partial charge in [0, 0.05) is 19.5 Å². The van der Waals surface area contributed by atoms with Crippen molar-refractivity contribution in [2.75, 3.05) is 25.1 Å². The van der Waals surface area contributed by atoms with Crippen molar-refractivity contribution in [3.63, 3.8) is 0 Å². The number of piperidine rings is 1. The van der Waals surface area contributed by atoms with E-state index in [0.29, 0.717) is 6.42 Å². The molecule has 26 heavy (non-hydrogen) atoms. The Morgan fingerprint density at radius 1 is 1.27 bits per heavy atom. The molecule has 0 amide bonds. The molecule has 3 heterocycles. The summed E-state index contributed by atoms with van der Waals surface area (Å²) in [6.45, 7) is 1.68. The van der Waals surface area contributed by atoms with Crippen LogP contribution in [0.3, 0.4) is 0 Å². The summed E-state index contributed by atoms with van der Waals surface area (Å²) in [5.41, 5.74) is 0.980. The number of aliphatic hydroxyl groups excluding tert-OH is 1. The summed E-state index contributed by atoms with van der Waals surface area (Å²) in [4.78, 5) is 21.2. The molecule has 0 radical (unpaired) electrons. The maximum absolute atomic E-state index is 12.6. The summed E-state index contributed by atoms with van der Waals surface area (Å²) in [7, 11) is 1.63. The van der Waals surface area contributed by atoms with Crippen molar-refractivity contribution in [2.45, 2.75) is 25.4 Å². The first-order valence-electron chi connectivity index (χ1n) is 8.62. The van der Waals surface area contributed by atoms with Crippen LogP contribution in [-0.2, 0) is 6.42 Å². The van der Waals surface area contributed by atoms with E-state index in [1.807, 2.05) is 30.3 Å². The van der Waals surface area contributed by atoms with Gasteiger partial charge in [-0.2, -0.15) is 0 Å². The highest BCUT2D eigenvalue weighted by molar-refractivity contribution is 7.29. The average molecular weight is 389 g/mol. The van der Waals surface area contributed by atoms with Gasteiger partial charge in [0.25, 0.3) is 0 Å². The van der Waals surface area contributed by atoms with Gasteiger partial charge < -0.3 is 14.7 Å². The number of nitrogens with zero attached hydrogens (tertiary/aromatic N) is 2. The number of thiophene rings is 1. The van der Waals surface area contributed by atoms with Gasteiger partial charge >= 0.3 is 0 Å². The standard InChI is InChI=1S/C19H20N2O3S2/c1-24-14-4-2-12(3-5-14)10-15(23)16-11-17-18(25-16)20-19(26-17)21-8-6-13(22)7-9-21/h2-5,11,13,22H,6-10H2,1H3. The van der Waals surface area contributed by atoms with Crippen LogP contribution < -0.4 is 9.64 Å². The summed E-state index contributed by atoms with van der Waals surface area (Å²) < 4.78 is 6.21. The van der Waals surface area contributed by atoms with Crippen LogP contribution in [0, 0.1) is 0 Å². The summed E-state index contributed by atoms with van der Waals surface area (Å²) in [6, 6.07) is 9.56. The van der Waals surface area contributed by atoms with Crippen molar-refractivity contribution in [3.8, 4) is 5.75 Å². The number of Topliss-reactive ketones (excluding diaryl/α,β-unsaturated/α-hetero) is 1. The van der Waals surface area contributed by atoms with E-state index in [9.17, 15) is 9.90 Å². The first-order valence-corrected chi connectivity index (χ1v) is 10.2. The second kappa shape index (κ2) is 7.34. The van der Waals surface area contributed by atoms with Crippen LogP contribution in [0.15, 0.2) is 30.3 Å². The number of hydrogen-bond acceptors (Lipinski definition) is 7. The number of hydrogen-bond donors (Lipinski definition) is 1. The lowest BCUT2D eigenvalue weighted by Crippen LogP contribution is -2.35. The van der Waals surface area contributed by atoms with Crippen molar-refractivity contribution < 1.29 is 14.6 Å². The van der Waals surface area contributed by atoms with Crippen molar-refractivity contribution in [2.24, 2.45) is 0 Å². The first kappa shape index (κ1) is 17.5. The highest BCUT2D eigenvalue weighted by Gasteiger charge is 2.21. The molecule has 1 aromatic carbocycles. The SMILES string of the molecule is COc1ccc(CC(=O)c2cc3sc(N4CCC(O)CC4)nc3s2)cc1. The van der Waals surface area contributed by atoms with Gasteiger partial charge in [0.2, 0.25) is 0 Å². The first-order chi connectivity index (χ1) is 12.6. The number of methoxy groups -OCH3 is 1. The Hall–Kier alpha value is -1.96. The molecular weight excluding hydrogens is 368 g/mol. The third-order valence-corrected chi connectivity index (χ3v) is 6.87. The van der Waals surface area contributed by atoms with Crippen LogP contribution >= 0.6 is 22.7 Å². The minimum atomic E-state index is -0.186. The van der Waals surface area contributed by atoms with E-state index in [0.717, 1.165) is 56.8 Å². The topological polar surface area (TPSA) is 62.7 Å². The lowest BCUT2D eigenvalue weighted by atomic mass is 10.1. The molecule has 5 nitrogen and oxygen atoms in total. The molecule has 3 aromatic rings. The predicted octanol–water partition coefficient (Wildman–Crippen LogP) is 3.75. The number of anilines is 1. The minimum Gasteiger partial charge on any atom is -0.497 e. The van der Waals surface area contributed by atoms with Gasteiger partial charge in [0.15, 0.2) is 10.9 Å². The fourth-order valence-corrected chi connectivity index (χ4v) is 5.27. The number of benzene rings is 1. The number of aliphatic hydroxyl groups is 1. The average Bonchev–Trinajstić information content (AvgIpc) is 3.22. The summed E-state index contributed by atoms with van der Waals surface area (Å²) in [6.07, 6.45) is 1.78. The van der Waals surface area contributed by atoms with E-state index < -0.39 is 0 Å². The largest absolute Gasteiger partial charge is 0.497 e. The molecule has 2 aromatic heterocycles. The Labute approximate surface area is 159 Å². The molecule has 136 valence electrons. The second-order valence-corrected chi connectivity index (χ2v) is 8.48. The Morgan fingerprint density at radius 2 is 2.00 bits per heavy atom.